The number of ether oxygens (including phenoxy) is 2. The van der Waals surface area contributed by atoms with Crippen molar-refractivity contribution in [3.63, 3.8) is 0 Å². The quantitative estimate of drug-likeness (QED) is 0.220. The monoisotopic (exact) mass is 410 g/mol. The number of aryl methyl sites for hydroxylation is 1. The number of benzene rings is 1. The number of nitro groups is 1. The van der Waals surface area contributed by atoms with Crippen molar-refractivity contribution >= 4 is 33.4 Å². The summed E-state index contributed by atoms with van der Waals surface area (Å²) in [6.07, 6.45) is 4.85. The van der Waals surface area contributed by atoms with Crippen LogP contribution in [0.3, 0.4) is 0 Å². The summed E-state index contributed by atoms with van der Waals surface area (Å²) in [5.41, 5.74) is -0.0715. The molecule has 0 spiro atoms. The average Bonchev–Trinajstić information content (AvgIpc) is 3.28. The third-order valence-corrected chi connectivity index (χ3v) is 7.42. The van der Waals surface area contributed by atoms with Crippen LogP contribution in [0.1, 0.15) is 25.7 Å². The number of hydrogen-bond acceptors (Lipinski definition) is 9. The third-order valence-electron chi connectivity index (χ3n) is 4.18. The molecule has 0 atom stereocenters. The lowest BCUT2D eigenvalue weighted by Gasteiger charge is -2.26. The van der Waals surface area contributed by atoms with E-state index in [4.69, 9.17) is 9.47 Å². The smallest absolute Gasteiger partial charge is 0.432 e. The molecule has 9 nitrogen and oxygen atoms in total. The van der Waals surface area contributed by atoms with Crippen molar-refractivity contribution in [2.45, 2.75) is 35.6 Å². The molecule has 1 aliphatic rings. The fraction of sp³-hybridized carbons (Fsp3) is 0.438. The molecule has 3 rings (SSSR count). The zero-order valence-electron chi connectivity index (χ0n) is 14.6. The first kappa shape index (κ1) is 19.5. The van der Waals surface area contributed by atoms with Crippen LogP contribution in [0.2, 0.25) is 0 Å². The van der Waals surface area contributed by atoms with Gasteiger partial charge in [-0.15, -0.1) is 10.2 Å². The molecule has 1 aromatic carbocycles. The van der Waals surface area contributed by atoms with Crippen molar-refractivity contribution in [1.82, 2.24) is 14.8 Å². The molecule has 0 unspecified atom stereocenters. The minimum absolute atomic E-state index is 0.0715. The number of hydrogen-bond donors (Lipinski definition) is 0. The Kier molecular flexibility index (Phi) is 6.22. The van der Waals surface area contributed by atoms with Crippen LogP contribution in [0, 0.1) is 10.1 Å². The van der Waals surface area contributed by atoms with E-state index in [9.17, 15) is 14.9 Å². The number of carbonyl (C=O) groups is 1. The Hall–Kier alpha value is -2.27. The Bertz CT molecular complexity index is 805. The van der Waals surface area contributed by atoms with Gasteiger partial charge in [0.2, 0.25) is 5.16 Å². The van der Waals surface area contributed by atoms with E-state index in [0.29, 0.717) is 0 Å². The van der Waals surface area contributed by atoms with Gasteiger partial charge < -0.3 is 14.0 Å². The molecule has 0 radical (unpaired) electrons. The molecule has 1 heterocycles. The van der Waals surface area contributed by atoms with E-state index in [2.05, 4.69) is 10.2 Å². The van der Waals surface area contributed by atoms with Crippen molar-refractivity contribution in [1.29, 1.82) is 0 Å². The summed E-state index contributed by atoms with van der Waals surface area (Å²) in [7, 11) is 5.04. The minimum Gasteiger partial charge on any atom is -0.432 e. The normalized spacial score (nSPS) is 15.4. The van der Waals surface area contributed by atoms with Gasteiger partial charge in [0.1, 0.15) is 18.7 Å². The van der Waals surface area contributed by atoms with Gasteiger partial charge in [0.25, 0.3) is 5.69 Å². The molecule has 1 saturated carbocycles. The van der Waals surface area contributed by atoms with Crippen molar-refractivity contribution in [2.24, 2.45) is 7.05 Å². The number of carbonyl (C=O) groups excluding carboxylic acids is 1. The van der Waals surface area contributed by atoms with Crippen molar-refractivity contribution in [3.8, 4) is 5.75 Å². The first-order valence-electron chi connectivity index (χ1n) is 8.26. The molecule has 0 bridgehead atoms. The summed E-state index contributed by atoms with van der Waals surface area (Å²) in [4.78, 5) is 22.1. The van der Waals surface area contributed by atoms with Crippen molar-refractivity contribution in [3.05, 3.63) is 40.7 Å². The summed E-state index contributed by atoms with van der Waals surface area (Å²) < 4.78 is 12.1. The molecule has 27 heavy (non-hydrogen) atoms. The number of nitro benzene ring substituents is 1. The van der Waals surface area contributed by atoms with E-state index in [0.717, 1.165) is 30.8 Å². The highest BCUT2D eigenvalue weighted by Gasteiger charge is 2.37. The van der Waals surface area contributed by atoms with Gasteiger partial charge in [0.05, 0.1) is 9.67 Å². The second kappa shape index (κ2) is 8.61. The van der Waals surface area contributed by atoms with Crippen molar-refractivity contribution < 1.29 is 19.2 Å². The minimum atomic E-state index is -0.820. The molecule has 0 saturated heterocycles. The van der Waals surface area contributed by atoms with E-state index in [1.807, 2.05) is 11.6 Å². The van der Waals surface area contributed by atoms with Crippen LogP contribution in [0.4, 0.5) is 10.5 Å². The van der Waals surface area contributed by atoms with Gasteiger partial charge in [-0.25, -0.2) is 4.79 Å². The average molecular weight is 410 g/mol. The Balaban J connectivity index is 1.53. The van der Waals surface area contributed by atoms with Crippen LogP contribution in [0.5, 0.6) is 5.75 Å². The fourth-order valence-corrected chi connectivity index (χ4v) is 5.61. The molecular weight excluding hydrogens is 392 g/mol. The highest BCUT2D eigenvalue weighted by atomic mass is 33.1. The number of aromatic nitrogens is 3. The maximum Gasteiger partial charge on any atom is 0.513 e. The van der Waals surface area contributed by atoms with Gasteiger partial charge in [0, 0.05) is 19.2 Å². The molecule has 1 aromatic heterocycles. The van der Waals surface area contributed by atoms with Crippen LogP contribution in [0.15, 0.2) is 35.7 Å². The maximum atomic E-state index is 12.0. The lowest BCUT2D eigenvalue weighted by atomic mass is 10.1. The van der Waals surface area contributed by atoms with Crippen LogP contribution in [-0.4, -0.2) is 37.2 Å². The van der Waals surface area contributed by atoms with Gasteiger partial charge in [-0.1, -0.05) is 23.6 Å². The van der Waals surface area contributed by atoms with E-state index >= 15 is 0 Å². The molecule has 0 amide bonds. The predicted octanol–water partition coefficient (Wildman–Crippen LogP) is 3.99. The second-order valence-corrected chi connectivity index (χ2v) is 8.74. The van der Waals surface area contributed by atoms with Gasteiger partial charge in [0.15, 0.2) is 0 Å². The first-order valence-corrected chi connectivity index (χ1v) is 10.4. The van der Waals surface area contributed by atoms with E-state index in [1.54, 1.807) is 17.1 Å². The zero-order valence-corrected chi connectivity index (χ0v) is 16.2. The first-order chi connectivity index (χ1) is 13.0. The molecule has 2 aromatic rings. The van der Waals surface area contributed by atoms with Crippen LogP contribution < -0.4 is 4.74 Å². The topological polar surface area (TPSA) is 109 Å². The Morgan fingerprint density at radius 2 is 2.04 bits per heavy atom. The van der Waals surface area contributed by atoms with Gasteiger partial charge in [-0.2, -0.15) is 0 Å². The second-order valence-electron chi connectivity index (χ2n) is 6.17. The van der Waals surface area contributed by atoms with E-state index in [1.165, 1.54) is 35.1 Å². The molecule has 144 valence electrons. The standard InChI is InChI=1S/C16H18N4O5S2/c1-19-11-17-18-14(19)26-27-16(8-2-3-9-16)10-24-15(21)25-13-6-4-12(5-7-13)20(22)23/h4-7,11H,2-3,8-10H2,1H3. The lowest BCUT2D eigenvalue weighted by Crippen LogP contribution is -2.29. The third kappa shape index (κ3) is 5.13. The fourth-order valence-electron chi connectivity index (χ4n) is 2.70. The van der Waals surface area contributed by atoms with Gasteiger partial charge in [-0.3, -0.25) is 10.1 Å². The number of nitrogens with zero attached hydrogens (tertiary/aromatic N) is 4. The molecule has 1 fully saturated rings. The lowest BCUT2D eigenvalue weighted by molar-refractivity contribution is -0.384. The summed E-state index contributed by atoms with van der Waals surface area (Å²) in [5.74, 6) is 0.201. The largest absolute Gasteiger partial charge is 0.513 e. The number of rotatable bonds is 7. The number of non-ortho nitro benzene ring substituents is 1. The van der Waals surface area contributed by atoms with E-state index < -0.39 is 11.1 Å². The Morgan fingerprint density at radius 1 is 1.33 bits per heavy atom. The zero-order chi connectivity index (χ0) is 19.3. The maximum absolute atomic E-state index is 12.0. The summed E-state index contributed by atoms with van der Waals surface area (Å²) in [6, 6.07) is 5.27. The molecule has 1 aliphatic carbocycles. The highest BCUT2D eigenvalue weighted by Crippen LogP contribution is 2.49. The van der Waals surface area contributed by atoms with Crippen LogP contribution in [-0.2, 0) is 11.8 Å². The van der Waals surface area contributed by atoms with Crippen LogP contribution in [0.25, 0.3) is 0 Å². The Morgan fingerprint density at radius 3 is 2.63 bits per heavy atom. The molecular formula is C16H18N4O5S2. The molecule has 0 N–H and O–H groups in total. The van der Waals surface area contributed by atoms with Gasteiger partial charge >= 0.3 is 6.16 Å². The Labute approximate surface area is 163 Å². The predicted molar refractivity (Wildman–Crippen MR) is 101 cm³/mol. The summed E-state index contributed by atoms with van der Waals surface area (Å²) in [5, 5.41) is 19.3. The molecule has 0 aliphatic heterocycles. The summed E-state index contributed by atoms with van der Waals surface area (Å²) in [6.45, 7) is 0.230. The molecule has 11 heteroatoms. The van der Waals surface area contributed by atoms with Crippen LogP contribution >= 0.6 is 21.6 Å². The highest BCUT2D eigenvalue weighted by molar-refractivity contribution is 8.77. The van der Waals surface area contributed by atoms with E-state index in [-0.39, 0.29) is 22.8 Å². The van der Waals surface area contributed by atoms with Crippen molar-refractivity contribution in [2.75, 3.05) is 6.61 Å². The van der Waals surface area contributed by atoms with Gasteiger partial charge in [-0.05, 0) is 35.8 Å². The summed E-state index contributed by atoms with van der Waals surface area (Å²) >= 11 is 0. The SMILES string of the molecule is Cn1cnnc1SSC1(COC(=O)Oc2ccc([N+](=O)[O-])cc2)CCCC1.